The first-order valence-electron chi connectivity index (χ1n) is 7.13. The highest BCUT2D eigenvalue weighted by Gasteiger charge is 2.35. The van der Waals surface area contributed by atoms with Gasteiger partial charge >= 0.3 is 0 Å². The average molecular weight is 253 g/mol. The summed E-state index contributed by atoms with van der Waals surface area (Å²) in [6.07, 6.45) is 6.35. The van der Waals surface area contributed by atoms with E-state index in [4.69, 9.17) is 10.8 Å². The smallest absolute Gasteiger partial charge is 0.206 e. The molecule has 104 valence electrons. The van der Waals surface area contributed by atoms with Gasteiger partial charge in [-0.2, -0.15) is 0 Å². The van der Waals surface area contributed by atoms with Crippen molar-refractivity contribution in [2.75, 3.05) is 7.05 Å². The predicted molar refractivity (Wildman–Crippen MR) is 75.2 cm³/mol. The van der Waals surface area contributed by atoms with E-state index in [1.54, 1.807) is 0 Å². The zero-order chi connectivity index (χ0) is 13.1. The molecule has 2 unspecified atom stereocenters. The maximum absolute atomic E-state index is 5.53. The molecule has 2 atom stereocenters. The van der Waals surface area contributed by atoms with Crippen LogP contribution in [-0.2, 0) is 0 Å². The number of hydrazine groups is 1. The van der Waals surface area contributed by atoms with Crippen molar-refractivity contribution < 1.29 is 0 Å². The first kappa shape index (κ1) is 13.6. The fourth-order valence-corrected chi connectivity index (χ4v) is 3.26. The Hall–Kier alpha value is -0.810. The molecular formula is C13H27N5. The summed E-state index contributed by atoms with van der Waals surface area (Å²) in [5.41, 5.74) is 2.68. The molecule has 0 saturated carbocycles. The summed E-state index contributed by atoms with van der Waals surface area (Å²) in [6.45, 7) is 4.19. The largest absolute Gasteiger partial charge is 0.353 e. The van der Waals surface area contributed by atoms with Gasteiger partial charge in [-0.05, 0) is 46.6 Å². The Morgan fingerprint density at radius 3 is 2.39 bits per heavy atom. The van der Waals surface area contributed by atoms with Gasteiger partial charge in [0, 0.05) is 18.1 Å². The topological polar surface area (TPSA) is 65.7 Å². The number of guanidine groups is 1. The molecule has 5 heteroatoms. The van der Waals surface area contributed by atoms with Gasteiger partial charge in [0.05, 0.1) is 6.04 Å². The highest BCUT2D eigenvalue weighted by molar-refractivity contribution is 5.79. The van der Waals surface area contributed by atoms with Crippen LogP contribution < -0.4 is 16.6 Å². The molecule has 2 aliphatic rings. The SMILES string of the molecule is CC(C)NC(=NC1CC2CCCC(C1)N2C)NN. The maximum Gasteiger partial charge on any atom is 0.206 e. The van der Waals surface area contributed by atoms with Gasteiger partial charge in [0.15, 0.2) is 0 Å². The molecule has 0 aromatic heterocycles. The van der Waals surface area contributed by atoms with Crippen LogP contribution in [0.5, 0.6) is 0 Å². The third kappa shape index (κ3) is 3.14. The lowest BCUT2D eigenvalue weighted by atomic mass is 9.82. The first-order chi connectivity index (χ1) is 8.60. The highest BCUT2D eigenvalue weighted by atomic mass is 15.3. The minimum absolute atomic E-state index is 0.352. The monoisotopic (exact) mass is 253 g/mol. The Morgan fingerprint density at radius 2 is 1.89 bits per heavy atom. The summed E-state index contributed by atoms with van der Waals surface area (Å²) in [5.74, 6) is 6.26. The van der Waals surface area contributed by atoms with Gasteiger partial charge in [0.2, 0.25) is 5.96 Å². The maximum atomic E-state index is 5.53. The highest BCUT2D eigenvalue weighted by Crippen LogP contribution is 2.33. The lowest BCUT2D eigenvalue weighted by Gasteiger charge is -2.46. The van der Waals surface area contributed by atoms with Crippen LogP contribution in [-0.4, -0.2) is 42.1 Å². The molecule has 2 heterocycles. The fraction of sp³-hybridized carbons (Fsp3) is 0.923. The Labute approximate surface area is 110 Å². The van der Waals surface area contributed by atoms with Crippen LogP contribution in [0, 0.1) is 0 Å². The van der Waals surface area contributed by atoms with Crippen LogP contribution in [0.4, 0.5) is 0 Å². The van der Waals surface area contributed by atoms with Crippen LogP contribution in [0.15, 0.2) is 4.99 Å². The summed E-state index contributed by atoms with van der Waals surface area (Å²) in [7, 11) is 2.27. The summed E-state index contributed by atoms with van der Waals surface area (Å²) in [5, 5.41) is 3.25. The molecule has 5 nitrogen and oxygen atoms in total. The van der Waals surface area contributed by atoms with Crippen molar-refractivity contribution in [1.29, 1.82) is 0 Å². The molecule has 2 aliphatic heterocycles. The van der Waals surface area contributed by atoms with E-state index >= 15 is 0 Å². The summed E-state index contributed by atoms with van der Waals surface area (Å²) < 4.78 is 0. The molecule has 0 aromatic carbocycles. The molecule has 2 fully saturated rings. The lowest BCUT2D eigenvalue weighted by molar-refractivity contribution is 0.0573. The third-order valence-electron chi connectivity index (χ3n) is 4.19. The molecule has 0 aliphatic carbocycles. The van der Waals surface area contributed by atoms with E-state index in [1.807, 2.05) is 0 Å². The molecular weight excluding hydrogens is 226 g/mol. The number of hydrogen-bond acceptors (Lipinski definition) is 3. The van der Waals surface area contributed by atoms with Crippen molar-refractivity contribution >= 4 is 5.96 Å². The first-order valence-corrected chi connectivity index (χ1v) is 7.13. The second kappa shape index (κ2) is 5.89. The van der Waals surface area contributed by atoms with E-state index in [-0.39, 0.29) is 0 Å². The van der Waals surface area contributed by atoms with Gasteiger partial charge in [-0.25, -0.2) is 10.8 Å². The number of rotatable bonds is 2. The minimum atomic E-state index is 0.352. The van der Waals surface area contributed by atoms with Crippen LogP contribution >= 0.6 is 0 Å². The fourth-order valence-electron chi connectivity index (χ4n) is 3.26. The molecule has 0 spiro atoms. The van der Waals surface area contributed by atoms with Gasteiger partial charge in [-0.3, -0.25) is 5.43 Å². The van der Waals surface area contributed by atoms with Crippen molar-refractivity contribution in [3.8, 4) is 0 Å². The van der Waals surface area contributed by atoms with E-state index in [0.717, 1.165) is 18.8 Å². The van der Waals surface area contributed by atoms with Crippen molar-refractivity contribution in [1.82, 2.24) is 15.6 Å². The number of fused-ring (bicyclic) bond motifs is 2. The molecule has 0 aromatic rings. The van der Waals surface area contributed by atoms with E-state index in [9.17, 15) is 0 Å². The zero-order valence-corrected chi connectivity index (χ0v) is 11.8. The summed E-state index contributed by atoms with van der Waals surface area (Å²) >= 11 is 0. The Balaban J connectivity index is 1.99. The van der Waals surface area contributed by atoms with Crippen molar-refractivity contribution in [3.05, 3.63) is 0 Å². The number of nitrogens with two attached hydrogens (primary N) is 1. The molecule has 2 bridgehead atoms. The van der Waals surface area contributed by atoms with Gasteiger partial charge in [-0.1, -0.05) is 6.42 Å². The lowest BCUT2D eigenvalue weighted by Crippen LogP contribution is -2.52. The summed E-state index contributed by atoms with van der Waals surface area (Å²) in [4.78, 5) is 7.31. The van der Waals surface area contributed by atoms with Crippen molar-refractivity contribution in [2.45, 2.75) is 70.1 Å². The van der Waals surface area contributed by atoms with Crippen LogP contribution in [0.2, 0.25) is 0 Å². The van der Waals surface area contributed by atoms with Crippen LogP contribution in [0.1, 0.15) is 46.0 Å². The quantitative estimate of drug-likeness (QED) is 0.295. The molecule has 2 saturated heterocycles. The normalized spacial score (nSPS) is 33.6. The standard InChI is InChI=1S/C13H27N5/c1-9(2)15-13(17-14)16-10-7-11-5-4-6-12(8-10)18(11)3/h9-12H,4-8,14H2,1-3H3,(H2,15,16,17). The number of piperidine rings is 2. The Morgan fingerprint density at radius 1 is 1.28 bits per heavy atom. The predicted octanol–water partition coefficient (Wildman–Crippen LogP) is 0.819. The molecule has 0 radical (unpaired) electrons. The number of nitrogens with zero attached hydrogens (tertiary/aromatic N) is 2. The van der Waals surface area contributed by atoms with Gasteiger partial charge in [-0.15, -0.1) is 0 Å². The van der Waals surface area contributed by atoms with E-state index < -0.39 is 0 Å². The van der Waals surface area contributed by atoms with E-state index in [1.165, 1.54) is 19.3 Å². The molecule has 0 amide bonds. The number of nitrogens with one attached hydrogen (secondary N) is 2. The van der Waals surface area contributed by atoms with Gasteiger partial charge in [0.25, 0.3) is 0 Å². The molecule has 4 N–H and O–H groups in total. The van der Waals surface area contributed by atoms with E-state index in [0.29, 0.717) is 24.2 Å². The van der Waals surface area contributed by atoms with Gasteiger partial charge in [0.1, 0.15) is 0 Å². The second-order valence-corrected chi connectivity index (χ2v) is 5.95. The number of aliphatic imine (C=N–C) groups is 1. The van der Waals surface area contributed by atoms with Crippen LogP contribution in [0.3, 0.4) is 0 Å². The van der Waals surface area contributed by atoms with Crippen molar-refractivity contribution in [2.24, 2.45) is 10.8 Å². The second-order valence-electron chi connectivity index (χ2n) is 5.95. The van der Waals surface area contributed by atoms with E-state index in [2.05, 4.69) is 36.5 Å². The Bertz CT molecular complexity index is 288. The Kier molecular flexibility index (Phi) is 4.45. The third-order valence-corrected chi connectivity index (χ3v) is 4.19. The van der Waals surface area contributed by atoms with Gasteiger partial charge < -0.3 is 10.2 Å². The minimum Gasteiger partial charge on any atom is -0.353 e. The zero-order valence-electron chi connectivity index (χ0n) is 11.8. The molecule has 2 rings (SSSR count). The average Bonchev–Trinajstić information content (AvgIpc) is 2.29. The summed E-state index contributed by atoms with van der Waals surface area (Å²) in [6, 6.07) is 2.19. The van der Waals surface area contributed by atoms with Crippen molar-refractivity contribution in [3.63, 3.8) is 0 Å². The van der Waals surface area contributed by atoms with Crippen LogP contribution in [0.25, 0.3) is 0 Å². The number of hydrogen-bond donors (Lipinski definition) is 3. The molecule has 18 heavy (non-hydrogen) atoms.